The molecule has 27 heavy (non-hydrogen) atoms. The Morgan fingerprint density at radius 3 is 2.41 bits per heavy atom. The standard InChI is InChI=1S/C21H25NO5/c1-14(2)27-16-7-5-15(6-8-16)13-22-21(23)17-11-19-20(12-18(17)24-3)26-10-4-9-25-19/h5-8,11-12,14H,4,9-10,13H2,1-3H3,(H,22,23). The van der Waals surface area contributed by atoms with Gasteiger partial charge in [-0.1, -0.05) is 12.1 Å². The fraction of sp³-hybridized carbons (Fsp3) is 0.381. The first-order valence-electron chi connectivity index (χ1n) is 9.08. The first-order valence-corrected chi connectivity index (χ1v) is 9.08. The summed E-state index contributed by atoms with van der Waals surface area (Å²) in [5.41, 5.74) is 1.40. The molecule has 0 saturated heterocycles. The Morgan fingerprint density at radius 2 is 1.78 bits per heavy atom. The molecule has 2 aromatic rings. The van der Waals surface area contributed by atoms with Crippen molar-refractivity contribution >= 4 is 5.91 Å². The molecule has 0 spiro atoms. The molecule has 0 fully saturated rings. The maximum Gasteiger partial charge on any atom is 0.255 e. The summed E-state index contributed by atoms with van der Waals surface area (Å²) in [5, 5.41) is 2.92. The smallest absolute Gasteiger partial charge is 0.255 e. The number of carbonyl (C=O) groups is 1. The van der Waals surface area contributed by atoms with Crippen molar-refractivity contribution in [2.24, 2.45) is 0 Å². The minimum absolute atomic E-state index is 0.127. The molecule has 1 N–H and O–H groups in total. The van der Waals surface area contributed by atoms with Gasteiger partial charge in [-0.15, -0.1) is 0 Å². The van der Waals surface area contributed by atoms with Crippen LogP contribution in [0.4, 0.5) is 0 Å². The average Bonchev–Trinajstić information content (AvgIpc) is 2.90. The summed E-state index contributed by atoms with van der Waals surface area (Å²) in [6, 6.07) is 11.0. The maximum atomic E-state index is 12.7. The minimum Gasteiger partial charge on any atom is -0.496 e. The molecular formula is C21H25NO5. The van der Waals surface area contributed by atoms with E-state index in [4.69, 9.17) is 18.9 Å². The van der Waals surface area contributed by atoms with Gasteiger partial charge in [-0.05, 0) is 31.5 Å². The Balaban J connectivity index is 1.69. The Labute approximate surface area is 159 Å². The monoisotopic (exact) mass is 371 g/mol. The van der Waals surface area contributed by atoms with Crippen LogP contribution >= 0.6 is 0 Å². The number of ether oxygens (including phenoxy) is 4. The van der Waals surface area contributed by atoms with Crippen molar-refractivity contribution in [1.29, 1.82) is 0 Å². The van der Waals surface area contributed by atoms with E-state index in [0.717, 1.165) is 17.7 Å². The average molecular weight is 371 g/mol. The minimum atomic E-state index is -0.231. The van der Waals surface area contributed by atoms with E-state index in [2.05, 4.69) is 5.32 Å². The van der Waals surface area contributed by atoms with Crippen LogP contribution in [0.15, 0.2) is 36.4 Å². The second-order valence-electron chi connectivity index (χ2n) is 6.54. The maximum absolute atomic E-state index is 12.7. The van der Waals surface area contributed by atoms with E-state index < -0.39 is 0 Å². The van der Waals surface area contributed by atoms with Crippen LogP contribution in [0.25, 0.3) is 0 Å². The van der Waals surface area contributed by atoms with Crippen LogP contribution in [0.5, 0.6) is 23.0 Å². The molecule has 0 unspecified atom stereocenters. The van der Waals surface area contributed by atoms with E-state index >= 15 is 0 Å². The number of rotatable bonds is 6. The highest BCUT2D eigenvalue weighted by Gasteiger charge is 2.19. The van der Waals surface area contributed by atoms with Gasteiger partial charge in [0.2, 0.25) is 0 Å². The van der Waals surface area contributed by atoms with Gasteiger partial charge in [-0.2, -0.15) is 0 Å². The van der Waals surface area contributed by atoms with Crippen molar-refractivity contribution in [3.63, 3.8) is 0 Å². The molecule has 1 heterocycles. The second-order valence-corrected chi connectivity index (χ2v) is 6.54. The largest absolute Gasteiger partial charge is 0.496 e. The lowest BCUT2D eigenvalue weighted by Crippen LogP contribution is -2.23. The summed E-state index contributed by atoms with van der Waals surface area (Å²) in [7, 11) is 1.53. The molecule has 6 nitrogen and oxygen atoms in total. The highest BCUT2D eigenvalue weighted by atomic mass is 16.5. The summed E-state index contributed by atoms with van der Waals surface area (Å²) >= 11 is 0. The first kappa shape index (κ1) is 18.9. The molecule has 0 radical (unpaired) electrons. The molecule has 6 heteroatoms. The molecule has 1 amide bonds. The molecule has 0 atom stereocenters. The van der Waals surface area contributed by atoms with E-state index in [1.807, 2.05) is 38.1 Å². The van der Waals surface area contributed by atoms with Gasteiger partial charge in [0.1, 0.15) is 11.5 Å². The highest BCUT2D eigenvalue weighted by molar-refractivity contribution is 5.97. The number of nitrogens with one attached hydrogen (secondary N) is 1. The summed E-state index contributed by atoms with van der Waals surface area (Å²) in [6.07, 6.45) is 0.928. The number of methoxy groups -OCH3 is 1. The van der Waals surface area contributed by atoms with Crippen LogP contribution in [-0.4, -0.2) is 32.3 Å². The lowest BCUT2D eigenvalue weighted by Gasteiger charge is -2.14. The highest BCUT2D eigenvalue weighted by Crippen LogP contribution is 2.36. The lowest BCUT2D eigenvalue weighted by molar-refractivity contribution is 0.0947. The van der Waals surface area contributed by atoms with Crippen LogP contribution < -0.4 is 24.3 Å². The topological polar surface area (TPSA) is 66.0 Å². The predicted molar refractivity (Wildman–Crippen MR) is 102 cm³/mol. The van der Waals surface area contributed by atoms with Gasteiger partial charge >= 0.3 is 0 Å². The van der Waals surface area contributed by atoms with Crippen LogP contribution in [0.2, 0.25) is 0 Å². The van der Waals surface area contributed by atoms with Gasteiger partial charge in [-0.3, -0.25) is 4.79 Å². The van der Waals surface area contributed by atoms with Crippen LogP contribution in [0, 0.1) is 0 Å². The van der Waals surface area contributed by atoms with Crippen LogP contribution in [-0.2, 0) is 6.54 Å². The zero-order valence-electron chi connectivity index (χ0n) is 15.9. The zero-order chi connectivity index (χ0) is 19.2. The Kier molecular flexibility index (Phi) is 6.06. The summed E-state index contributed by atoms with van der Waals surface area (Å²) in [4.78, 5) is 12.7. The summed E-state index contributed by atoms with van der Waals surface area (Å²) in [5.74, 6) is 2.20. The third-order valence-electron chi connectivity index (χ3n) is 4.06. The Bertz CT molecular complexity index is 786. The van der Waals surface area contributed by atoms with E-state index in [0.29, 0.717) is 42.6 Å². The van der Waals surface area contributed by atoms with Crippen LogP contribution in [0.3, 0.4) is 0 Å². The molecule has 0 aromatic heterocycles. The first-order chi connectivity index (χ1) is 13.1. The van der Waals surface area contributed by atoms with Crippen molar-refractivity contribution in [2.75, 3.05) is 20.3 Å². The quantitative estimate of drug-likeness (QED) is 0.841. The number of carbonyl (C=O) groups excluding carboxylic acids is 1. The molecule has 0 bridgehead atoms. The van der Waals surface area contributed by atoms with Crippen molar-refractivity contribution in [3.8, 4) is 23.0 Å². The third kappa shape index (κ3) is 4.84. The van der Waals surface area contributed by atoms with Crippen molar-refractivity contribution in [3.05, 3.63) is 47.5 Å². The van der Waals surface area contributed by atoms with Gasteiger partial charge in [0.25, 0.3) is 5.91 Å². The van der Waals surface area contributed by atoms with Gasteiger partial charge in [0.15, 0.2) is 11.5 Å². The molecule has 0 saturated carbocycles. The van der Waals surface area contributed by atoms with E-state index in [9.17, 15) is 4.79 Å². The summed E-state index contributed by atoms with van der Waals surface area (Å²) < 4.78 is 22.3. The molecule has 2 aromatic carbocycles. The van der Waals surface area contributed by atoms with Crippen LogP contribution in [0.1, 0.15) is 36.2 Å². The van der Waals surface area contributed by atoms with Gasteiger partial charge in [0, 0.05) is 25.1 Å². The summed E-state index contributed by atoms with van der Waals surface area (Å²) in [6.45, 7) is 5.51. The van der Waals surface area contributed by atoms with E-state index in [1.54, 1.807) is 12.1 Å². The molecule has 0 aliphatic carbocycles. The lowest BCUT2D eigenvalue weighted by atomic mass is 10.1. The molecule has 3 rings (SSSR count). The SMILES string of the molecule is COc1cc2c(cc1C(=O)NCc1ccc(OC(C)C)cc1)OCCCO2. The molecule has 1 aliphatic rings. The Morgan fingerprint density at radius 1 is 1.11 bits per heavy atom. The van der Waals surface area contributed by atoms with E-state index in [-0.39, 0.29) is 12.0 Å². The van der Waals surface area contributed by atoms with Crippen molar-refractivity contribution in [1.82, 2.24) is 5.32 Å². The van der Waals surface area contributed by atoms with Gasteiger partial charge < -0.3 is 24.3 Å². The van der Waals surface area contributed by atoms with Crippen molar-refractivity contribution < 1.29 is 23.7 Å². The number of fused-ring (bicyclic) bond motifs is 1. The van der Waals surface area contributed by atoms with Crippen molar-refractivity contribution in [2.45, 2.75) is 32.9 Å². The number of benzene rings is 2. The normalized spacial score (nSPS) is 13.0. The molecule has 144 valence electrons. The number of hydrogen-bond donors (Lipinski definition) is 1. The number of hydrogen-bond acceptors (Lipinski definition) is 5. The van der Waals surface area contributed by atoms with Gasteiger partial charge in [-0.25, -0.2) is 0 Å². The third-order valence-corrected chi connectivity index (χ3v) is 4.06. The van der Waals surface area contributed by atoms with E-state index in [1.165, 1.54) is 7.11 Å². The zero-order valence-corrected chi connectivity index (χ0v) is 15.9. The van der Waals surface area contributed by atoms with Gasteiger partial charge in [0.05, 0.1) is 32.0 Å². The second kappa shape index (κ2) is 8.66. The molecule has 1 aliphatic heterocycles. The predicted octanol–water partition coefficient (Wildman–Crippen LogP) is 3.57. The fourth-order valence-electron chi connectivity index (χ4n) is 2.77. The Hall–Kier alpha value is -2.89. The molecular weight excluding hydrogens is 346 g/mol. The number of amides is 1. The fourth-order valence-corrected chi connectivity index (χ4v) is 2.77.